The summed E-state index contributed by atoms with van der Waals surface area (Å²) in [6.07, 6.45) is 13.9. The maximum Gasteiger partial charge on any atom is 0.338 e. The number of anilines is 2. The number of nitrogen functional groups attached to an aromatic ring is 2. The van der Waals surface area contributed by atoms with Crippen LogP contribution in [0.5, 0.6) is 0 Å². The Morgan fingerprint density at radius 3 is 2.46 bits per heavy atom. The fourth-order valence-electron chi connectivity index (χ4n) is 4.32. The van der Waals surface area contributed by atoms with Crippen LogP contribution in [0.4, 0.5) is 11.4 Å². The Morgan fingerprint density at radius 1 is 1.00 bits per heavy atom. The van der Waals surface area contributed by atoms with Crippen molar-refractivity contribution in [3.05, 3.63) is 77.9 Å². The molecule has 0 heterocycles. The molecule has 0 bridgehead atoms. The van der Waals surface area contributed by atoms with Crippen LogP contribution < -0.4 is 11.5 Å². The van der Waals surface area contributed by atoms with Gasteiger partial charge in [-0.3, -0.25) is 0 Å². The van der Waals surface area contributed by atoms with Crippen molar-refractivity contribution in [1.29, 1.82) is 0 Å². The summed E-state index contributed by atoms with van der Waals surface area (Å²) in [5.41, 5.74) is 14.6. The van der Waals surface area contributed by atoms with Crippen LogP contribution in [-0.2, 0) is 20.9 Å². The van der Waals surface area contributed by atoms with E-state index in [0.29, 0.717) is 22.5 Å². The van der Waals surface area contributed by atoms with E-state index in [1.54, 1.807) is 48.5 Å². The number of hydrogen-bond acceptors (Lipinski definition) is 6. The fourth-order valence-corrected chi connectivity index (χ4v) is 4.32. The summed E-state index contributed by atoms with van der Waals surface area (Å²) in [5, 5.41) is 0. The van der Waals surface area contributed by atoms with Crippen molar-refractivity contribution in [1.82, 2.24) is 0 Å². The molecular formula is C29H36N2O4. The van der Waals surface area contributed by atoms with Crippen LogP contribution >= 0.6 is 0 Å². The van der Waals surface area contributed by atoms with Crippen LogP contribution in [0.1, 0.15) is 72.9 Å². The van der Waals surface area contributed by atoms with Gasteiger partial charge in [0, 0.05) is 23.0 Å². The lowest BCUT2D eigenvalue weighted by atomic mass is 9.84. The van der Waals surface area contributed by atoms with Crippen LogP contribution in [0.3, 0.4) is 0 Å². The summed E-state index contributed by atoms with van der Waals surface area (Å²) in [5.74, 6) is -0.0450. The minimum absolute atomic E-state index is 0.00438. The Balaban J connectivity index is 1.41. The van der Waals surface area contributed by atoms with Gasteiger partial charge in [0.15, 0.2) is 0 Å². The van der Waals surface area contributed by atoms with Crippen molar-refractivity contribution in [2.24, 2.45) is 5.92 Å². The zero-order chi connectivity index (χ0) is 25.0. The van der Waals surface area contributed by atoms with Gasteiger partial charge < -0.3 is 20.9 Å². The number of carbonyl (C=O) groups is 2. The van der Waals surface area contributed by atoms with Crippen molar-refractivity contribution in [3.8, 4) is 0 Å². The molecule has 35 heavy (non-hydrogen) atoms. The monoisotopic (exact) mass is 476 g/mol. The predicted molar refractivity (Wildman–Crippen MR) is 140 cm³/mol. The molecular weight excluding hydrogens is 440 g/mol. The lowest BCUT2D eigenvalue weighted by Crippen LogP contribution is -2.24. The third-order valence-electron chi connectivity index (χ3n) is 6.43. The van der Waals surface area contributed by atoms with Crippen LogP contribution in [0.15, 0.2) is 61.2 Å². The molecule has 0 unspecified atom stereocenters. The standard InChI is InChI=1S/C29H36N2O4/c1-2-3-4-5-6-21-9-15-26(16-10-21)35-29(33)23-12-7-22(8-13-23)11-18-28(32)34-20-24-19-25(30)14-17-27(24)31/h2,7-8,11-14,17-19,21,26H,1,3-6,9-10,15-16,20,30-31H2. The van der Waals surface area contributed by atoms with E-state index in [2.05, 4.69) is 6.58 Å². The highest BCUT2D eigenvalue weighted by molar-refractivity contribution is 5.90. The van der Waals surface area contributed by atoms with E-state index in [4.69, 9.17) is 20.9 Å². The van der Waals surface area contributed by atoms with E-state index in [9.17, 15) is 9.59 Å². The van der Waals surface area contributed by atoms with E-state index < -0.39 is 5.97 Å². The maximum absolute atomic E-state index is 12.5. The summed E-state index contributed by atoms with van der Waals surface area (Å²) in [7, 11) is 0. The molecule has 1 fully saturated rings. The van der Waals surface area contributed by atoms with Gasteiger partial charge in [-0.1, -0.05) is 31.1 Å². The lowest BCUT2D eigenvalue weighted by molar-refractivity contribution is -0.138. The number of ether oxygens (including phenoxy) is 2. The van der Waals surface area contributed by atoms with Crippen molar-refractivity contribution < 1.29 is 19.1 Å². The molecule has 2 aromatic rings. The number of rotatable bonds is 11. The van der Waals surface area contributed by atoms with Crippen LogP contribution in [-0.4, -0.2) is 18.0 Å². The smallest absolute Gasteiger partial charge is 0.338 e. The molecule has 0 amide bonds. The SMILES string of the molecule is C=CCCCCC1CCC(OC(=O)c2ccc(C=CC(=O)OCc3cc(N)ccc3N)cc2)CC1. The fraction of sp³-hybridized carbons (Fsp3) is 0.379. The molecule has 0 atom stereocenters. The zero-order valence-electron chi connectivity index (χ0n) is 20.3. The number of hydrogen-bond donors (Lipinski definition) is 2. The number of carbonyl (C=O) groups excluding carboxylic acids is 2. The normalized spacial score (nSPS) is 17.7. The first kappa shape index (κ1) is 26.1. The first-order valence-corrected chi connectivity index (χ1v) is 12.3. The average molecular weight is 477 g/mol. The van der Waals surface area contributed by atoms with Gasteiger partial charge in [0.2, 0.25) is 0 Å². The Hall–Kier alpha value is -3.54. The van der Waals surface area contributed by atoms with Gasteiger partial charge in [-0.15, -0.1) is 6.58 Å². The van der Waals surface area contributed by atoms with Crippen molar-refractivity contribution in [2.75, 3.05) is 11.5 Å². The second-order valence-electron chi connectivity index (χ2n) is 9.14. The number of unbranched alkanes of at least 4 members (excludes halogenated alkanes) is 2. The molecule has 1 aliphatic rings. The molecule has 2 aromatic carbocycles. The quantitative estimate of drug-likeness (QED) is 0.134. The molecule has 0 radical (unpaired) electrons. The Labute approximate surface area is 208 Å². The topological polar surface area (TPSA) is 105 Å². The van der Waals surface area contributed by atoms with Gasteiger partial charge in [-0.25, -0.2) is 9.59 Å². The van der Waals surface area contributed by atoms with Gasteiger partial charge >= 0.3 is 11.9 Å². The predicted octanol–water partition coefficient (Wildman–Crippen LogP) is 6.07. The van der Waals surface area contributed by atoms with Gasteiger partial charge in [0.05, 0.1) is 5.56 Å². The minimum Gasteiger partial charge on any atom is -0.459 e. The molecule has 6 nitrogen and oxygen atoms in total. The average Bonchev–Trinajstić information content (AvgIpc) is 2.87. The van der Waals surface area contributed by atoms with E-state index in [-0.39, 0.29) is 18.7 Å². The zero-order valence-corrected chi connectivity index (χ0v) is 20.3. The second-order valence-corrected chi connectivity index (χ2v) is 9.14. The van der Waals surface area contributed by atoms with Gasteiger partial charge in [-0.2, -0.15) is 0 Å². The Morgan fingerprint density at radius 2 is 1.74 bits per heavy atom. The molecule has 0 aliphatic heterocycles. The third-order valence-corrected chi connectivity index (χ3v) is 6.43. The first-order chi connectivity index (χ1) is 16.9. The molecule has 0 spiro atoms. The third kappa shape index (κ3) is 8.63. The van der Waals surface area contributed by atoms with E-state index in [1.165, 1.54) is 25.3 Å². The summed E-state index contributed by atoms with van der Waals surface area (Å²) in [6, 6.07) is 12.0. The summed E-state index contributed by atoms with van der Waals surface area (Å²) < 4.78 is 11.0. The van der Waals surface area contributed by atoms with Crippen LogP contribution in [0.2, 0.25) is 0 Å². The summed E-state index contributed by atoms with van der Waals surface area (Å²) >= 11 is 0. The largest absolute Gasteiger partial charge is 0.459 e. The van der Waals surface area contributed by atoms with E-state index >= 15 is 0 Å². The first-order valence-electron chi connectivity index (χ1n) is 12.3. The highest BCUT2D eigenvalue weighted by atomic mass is 16.5. The highest BCUT2D eigenvalue weighted by Gasteiger charge is 2.24. The molecule has 3 rings (SSSR count). The molecule has 1 saturated carbocycles. The highest BCUT2D eigenvalue weighted by Crippen LogP contribution is 2.30. The van der Waals surface area contributed by atoms with Gasteiger partial charge in [-0.05, 0) is 86.4 Å². The van der Waals surface area contributed by atoms with Crippen LogP contribution in [0, 0.1) is 5.92 Å². The molecule has 4 N–H and O–H groups in total. The van der Waals surface area contributed by atoms with Gasteiger partial charge in [0.1, 0.15) is 12.7 Å². The number of allylic oxidation sites excluding steroid dienone is 1. The number of benzene rings is 2. The Bertz CT molecular complexity index is 1020. The van der Waals surface area contributed by atoms with E-state index in [0.717, 1.165) is 43.6 Å². The van der Waals surface area contributed by atoms with E-state index in [1.807, 2.05) is 6.08 Å². The summed E-state index contributed by atoms with van der Waals surface area (Å²) in [6.45, 7) is 3.82. The van der Waals surface area contributed by atoms with Gasteiger partial charge in [0.25, 0.3) is 0 Å². The van der Waals surface area contributed by atoms with Crippen molar-refractivity contribution in [3.63, 3.8) is 0 Å². The number of esters is 2. The second kappa shape index (κ2) is 13.4. The number of nitrogens with two attached hydrogens (primary N) is 2. The molecule has 186 valence electrons. The van der Waals surface area contributed by atoms with Crippen molar-refractivity contribution in [2.45, 2.75) is 64.1 Å². The minimum atomic E-state index is -0.494. The summed E-state index contributed by atoms with van der Waals surface area (Å²) in [4.78, 5) is 24.6. The molecule has 0 saturated heterocycles. The lowest BCUT2D eigenvalue weighted by Gasteiger charge is -2.28. The maximum atomic E-state index is 12.5. The molecule has 0 aromatic heterocycles. The molecule has 6 heteroatoms. The Kier molecular flexibility index (Phi) is 9.96. The van der Waals surface area contributed by atoms with Crippen LogP contribution in [0.25, 0.3) is 6.08 Å². The molecule has 1 aliphatic carbocycles. The van der Waals surface area contributed by atoms with Crippen molar-refractivity contribution >= 4 is 29.4 Å².